The van der Waals surface area contributed by atoms with E-state index >= 15 is 0 Å². The lowest BCUT2D eigenvalue weighted by atomic mass is 9.97. The molecule has 5 rings (SSSR count). The SMILES string of the molecule is O=C(c1ccc[nH]c1=O)N1CCc2onc(-c3cccc4ccccc34)c2C1. The monoisotopic (exact) mass is 371 g/mol. The van der Waals surface area contributed by atoms with Gasteiger partial charge in [0.25, 0.3) is 11.5 Å². The van der Waals surface area contributed by atoms with Crippen LogP contribution >= 0.6 is 0 Å². The average molecular weight is 371 g/mol. The van der Waals surface area contributed by atoms with Crippen LogP contribution in [-0.4, -0.2) is 27.5 Å². The first-order chi connectivity index (χ1) is 13.7. The Kier molecular flexibility index (Phi) is 3.83. The van der Waals surface area contributed by atoms with Crippen LogP contribution < -0.4 is 5.56 Å². The normalized spacial score (nSPS) is 13.5. The zero-order valence-electron chi connectivity index (χ0n) is 15.0. The molecule has 3 heterocycles. The number of hydrogen-bond acceptors (Lipinski definition) is 4. The molecule has 6 nitrogen and oxygen atoms in total. The van der Waals surface area contributed by atoms with Crippen molar-refractivity contribution in [2.45, 2.75) is 13.0 Å². The van der Waals surface area contributed by atoms with Crippen molar-refractivity contribution in [2.24, 2.45) is 0 Å². The van der Waals surface area contributed by atoms with Crippen molar-refractivity contribution in [3.8, 4) is 11.3 Å². The summed E-state index contributed by atoms with van der Waals surface area (Å²) in [6.45, 7) is 0.856. The van der Waals surface area contributed by atoms with E-state index in [0.29, 0.717) is 19.5 Å². The van der Waals surface area contributed by atoms with Gasteiger partial charge in [-0.3, -0.25) is 9.59 Å². The molecule has 1 amide bonds. The molecule has 6 heteroatoms. The second-order valence-corrected chi connectivity index (χ2v) is 6.85. The number of aromatic amines is 1. The number of fused-ring (bicyclic) bond motifs is 2. The van der Waals surface area contributed by atoms with Crippen LogP contribution in [0.5, 0.6) is 0 Å². The number of rotatable bonds is 2. The number of benzene rings is 2. The summed E-state index contributed by atoms with van der Waals surface area (Å²) in [7, 11) is 0. The Labute approximate surface area is 160 Å². The Bertz CT molecular complexity index is 1250. The summed E-state index contributed by atoms with van der Waals surface area (Å²) in [6.07, 6.45) is 2.09. The summed E-state index contributed by atoms with van der Waals surface area (Å²) in [6, 6.07) is 17.4. The minimum Gasteiger partial charge on any atom is -0.360 e. The first kappa shape index (κ1) is 16.5. The maximum Gasteiger partial charge on any atom is 0.260 e. The molecule has 0 radical (unpaired) electrons. The molecule has 0 atom stereocenters. The van der Waals surface area contributed by atoms with Crippen molar-refractivity contribution < 1.29 is 9.32 Å². The Morgan fingerprint density at radius 1 is 1.07 bits per heavy atom. The first-order valence-electron chi connectivity index (χ1n) is 9.15. The van der Waals surface area contributed by atoms with E-state index in [1.165, 1.54) is 6.20 Å². The van der Waals surface area contributed by atoms with Crippen molar-refractivity contribution >= 4 is 16.7 Å². The van der Waals surface area contributed by atoms with Gasteiger partial charge in [0.05, 0.1) is 6.54 Å². The molecule has 1 N–H and O–H groups in total. The molecule has 28 heavy (non-hydrogen) atoms. The average Bonchev–Trinajstić information content (AvgIpc) is 3.16. The van der Waals surface area contributed by atoms with Crippen LogP contribution in [0, 0.1) is 0 Å². The Hall–Kier alpha value is -3.67. The lowest BCUT2D eigenvalue weighted by Gasteiger charge is -2.26. The van der Waals surface area contributed by atoms with E-state index in [1.54, 1.807) is 17.0 Å². The van der Waals surface area contributed by atoms with E-state index in [-0.39, 0.29) is 17.0 Å². The zero-order chi connectivity index (χ0) is 19.1. The van der Waals surface area contributed by atoms with Crippen molar-refractivity contribution in [1.29, 1.82) is 0 Å². The van der Waals surface area contributed by atoms with E-state index in [9.17, 15) is 9.59 Å². The van der Waals surface area contributed by atoms with Gasteiger partial charge in [-0.1, -0.05) is 47.6 Å². The van der Waals surface area contributed by atoms with E-state index in [4.69, 9.17) is 4.52 Å². The number of nitrogens with one attached hydrogen (secondary N) is 1. The molecule has 1 aliphatic heterocycles. The van der Waals surface area contributed by atoms with E-state index < -0.39 is 0 Å². The summed E-state index contributed by atoms with van der Waals surface area (Å²) in [4.78, 5) is 29.1. The summed E-state index contributed by atoms with van der Waals surface area (Å²) in [5.74, 6) is 0.520. The van der Waals surface area contributed by atoms with Crippen LogP contribution in [0.1, 0.15) is 21.7 Å². The maximum absolute atomic E-state index is 12.9. The van der Waals surface area contributed by atoms with Crippen molar-refractivity contribution in [1.82, 2.24) is 15.0 Å². The molecule has 2 aromatic carbocycles. The molecule has 0 saturated carbocycles. The van der Waals surface area contributed by atoms with Crippen LogP contribution in [0.15, 0.2) is 70.1 Å². The van der Waals surface area contributed by atoms with Crippen molar-refractivity contribution in [3.63, 3.8) is 0 Å². The molecule has 0 fully saturated rings. The second kappa shape index (κ2) is 6.49. The number of hydrogen-bond donors (Lipinski definition) is 1. The molecular formula is C22H17N3O3. The summed E-state index contributed by atoms with van der Waals surface area (Å²) in [5, 5.41) is 6.53. The van der Waals surface area contributed by atoms with Crippen LogP contribution in [0.2, 0.25) is 0 Å². The number of amides is 1. The predicted molar refractivity (Wildman–Crippen MR) is 105 cm³/mol. The fourth-order valence-corrected chi connectivity index (χ4v) is 3.79. The van der Waals surface area contributed by atoms with Gasteiger partial charge in [-0.2, -0.15) is 0 Å². The quantitative estimate of drug-likeness (QED) is 0.586. The lowest BCUT2D eigenvalue weighted by molar-refractivity contribution is 0.0727. The van der Waals surface area contributed by atoms with E-state index in [1.807, 2.05) is 24.3 Å². The van der Waals surface area contributed by atoms with Crippen molar-refractivity contribution in [3.05, 3.63) is 88.0 Å². The number of nitrogens with zero attached hydrogens (tertiary/aromatic N) is 2. The Balaban J connectivity index is 1.55. The molecule has 2 aromatic heterocycles. The number of aromatic nitrogens is 2. The fraction of sp³-hybridized carbons (Fsp3) is 0.136. The van der Waals surface area contributed by atoms with Gasteiger partial charge in [-0.25, -0.2) is 0 Å². The molecule has 0 aliphatic carbocycles. The van der Waals surface area contributed by atoms with E-state index in [0.717, 1.165) is 33.4 Å². The van der Waals surface area contributed by atoms with Gasteiger partial charge >= 0.3 is 0 Å². The van der Waals surface area contributed by atoms with Crippen LogP contribution in [0.4, 0.5) is 0 Å². The van der Waals surface area contributed by atoms with Gasteiger partial charge in [-0.05, 0) is 22.9 Å². The zero-order valence-corrected chi connectivity index (χ0v) is 15.0. The Morgan fingerprint density at radius 3 is 2.82 bits per heavy atom. The smallest absolute Gasteiger partial charge is 0.260 e. The third-order valence-electron chi connectivity index (χ3n) is 5.21. The molecule has 4 aromatic rings. The first-order valence-corrected chi connectivity index (χ1v) is 9.15. The Morgan fingerprint density at radius 2 is 1.93 bits per heavy atom. The third kappa shape index (κ3) is 2.62. The highest BCUT2D eigenvalue weighted by Gasteiger charge is 2.29. The molecule has 0 unspecified atom stereocenters. The fourth-order valence-electron chi connectivity index (χ4n) is 3.79. The van der Waals surface area contributed by atoms with Gasteiger partial charge in [0.15, 0.2) is 0 Å². The van der Waals surface area contributed by atoms with E-state index in [2.05, 4.69) is 28.3 Å². The minimum absolute atomic E-state index is 0.147. The molecule has 0 saturated heterocycles. The number of carbonyl (C=O) groups excluding carboxylic acids is 1. The highest BCUT2D eigenvalue weighted by Crippen LogP contribution is 2.34. The van der Waals surface area contributed by atoms with Gasteiger partial charge in [0.2, 0.25) is 0 Å². The second-order valence-electron chi connectivity index (χ2n) is 6.85. The standard InChI is InChI=1S/C22H17N3O3/c26-21-17(9-4-11-23-21)22(27)25-12-10-19-18(13-25)20(24-28-19)16-8-3-6-14-5-1-2-7-15(14)16/h1-9,11H,10,12-13H2,(H,23,26). The van der Waals surface area contributed by atoms with Crippen molar-refractivity contribution in [2.75, 3.05) is 6.54 Å². The van der Waals surface area contributed by atoms with Gasteiger partial charge in [0, 0.05) is 30.3 Å². The molecule has 0 bridgehead atoms. The molecular weight excluding hydrogens is 354 g/mol. The number of H-pyrrole nitrogens is 1. The predicted octanol–water partition coefficient (Wildman–Crippen LogP) is 3.38. The maximum atomic E-state index is 12.9. The van der Waals surface area contributed by atoms with Gasteiger partial charge in [0.1, 0.15) is 17.0 Å². The van der Waals surface area contributed by atoms with Gasteiger partial charge < -0.3 is 14.4 Å². The summed E-state index contributed by atoms with van der Waals surface area (Å²) < 4.78 is 5.59. The number of pyridine rings is 1. The molecule has 0 spiro atoms. The molecule has 1 aliphatic rings. The summed E-state index contributed by atoms with van der Waals surface area (Å²) in [5.41, 5.74) is 2.41. The highest BCUT2D eigenvalue weighted by atomic mass is 16.5. The topological polar surface area (TPSA) is 79.2 Å². The van der Waals surface area contributed by atoms with Gasteiger partial charge in [-0.15, -0.1) is 0 Å². The third-order valence-corrected chi connectivity index (χ3v) is 5.21. The summed E-state index contributed by atoms with van der Waals surface area (Å²) >= 11 is 0. The highest BCUT2D eigenvalue weighted by molar-refractivity contribution is 5.97. The van der Waals surface area contributed by atoms with Crippen LogP contribution in [0.3, 0.4) is 0 Å². The largest absolute Gasteiger partial charge is 0.360 e. The lowest BCUT2D eigenvalue weighted by Crippen LogP contribution is -2.38. The van der Waals surface area contributed by atoms with Crippen LogP contribution in [-0.2, 0) is 13.0 Å². The molecule has 138 valence electrons. The number of carbonyl (C=O) groups is 1. The van der Waals surface area contributed by atoms with Crippen LogP contribution in [0.25, 0.3) is 22.0 Å². The minimum atomic E-state index is -0.377.